The largest absolute Gasteiger partial charge is 0.391 e. The van der Waals surface area contributed by atoms with Gasteiger partial charge in [-0.15, -0.1) is 0 Å². The van der Waals surface area contributed by atoms with Crippen molar-refractivity contribution in [3.05, 3.63) is 16.7 Å². The number of rotatable bonds is 3. The normalized spacial score (nSPS) is 19.5. The van der Waals surface area contributed by atoms with E-state index in [4.69, 9.17) is 5.73 Å². The van der Waals surface area contributed by atoms with Crippen LogP contribution in [0.2, 0.25) is 0 Å². The first kappa shape index (κ1) is 10.5. The van der Waals surface area contributed by atoms with Crippen LogP contribution in [0.1, 0.15) is 12.8 Å². The summed E-state index contributed by atoms with van der Waals surface area (Å²) in [5.74, 6) is 0.406. The Morgan fingerprint density at radius 3 is 3.06 bits per heavy atom. The predicted molar refractivity (Wildman–Crippen MR) is 58.9 cm³/mol. The molecule has 7 nitrogen and oxygen atoms in total. The molecular formula is C9H13N5O2. The highest BCUT2D eigenvalue weighted by atomic mass is 16.2. The van der Waals surface area contributed by atoms with E-state index in [0.717, 1.165) is 6.42 Å². The quantitative estimate of drug-likeness (QED) is 0.527. The van der Waals surface area contributed by atoms with Gasteiger partial charge in [0.25, 0.3) is 5.56 Å². The van der Waals surface area contributed by atoms with Crippen LogP contribution in [0, 0.1) is 0 Å². The average molecular weight is 223 g/mol. The Morgan fingerprint density at radius 1 is 1.56 bits per heavy atom. The summed E-state index contributed by atoms with van der Waals surface area (Å²) < 4.78 is 0. The Morgan fingerprint density at radius 2 is 2.38 bits per heavy atom. The minimum atomic E-state index is -0.368. The zero-order valence-corrected chi connectivity index (χ0v) is 8.62. The Kier molecular flexibility index (Phi) is 2.76. The fourth-order valence-electron chi connectivity index (χ4n) is 1.60. The smallest absolute Gasteiger partial charge is 0.276 e. The molecule has 1 unspecified atom stereocenters. The lowest BCUT2D eigenvalue weighted by atomic mass is 10.2. The molecule has 1 atom stereocenters. The van der Waals surface area contributed by atoms with E-state index in [1.54, 1.807) is 0 Å². The van der Waals surface area contributed by atoms with Crippen molar-refractivity contribution in [2.24, 2.45) is 0 Å². The molecule has 1 amide bonds. The van der Waals surface area contributed by atoms with Crippen LogP contribution in [0.3, 0.4) is 0 Å². The summed E-state index contributed by atoms with van der Waals surface area (Å²) in [6.45, 7) is 0.520. The molecule has 7 heteroatoms. The molecule has 0 aliphatic carbocycles. The molecule has 1 aliphatic heterocycles. The Bertz CT molecular complexity index is 455. The number of nitrogen functional groups attached to an aromatic ring is 1. The number of hydrogen-bond acceptors (Lipinski definition) is 5. The molecule has 1 aromatic heterocycles. The standard InChI is InChI=1S/C9H13N5O2/c10-7-8(12-4-13-9(7)16)11-3-5-1-2-6(15)14-5/h4-5H,1-3,10H2,(H,14,15)(H2,11,12,13,16). The number of aromatic nitrogens is 2. The van der Waals surface area contributed by atoms with Crippen molar-refractivity contribution in [3.63, 3.8) is 0 Å². The minimum Gasteiger partial charge on any atom is -0.391 e. The molecule has 16 heavy (non-hydrogen) atoms. The first-order valence-electron chi connectivity index (χ1n) is 5.03. The molecule has 1 fully saturated rings. The topological polar surface area (TPSA) is 113 Å². The van der Waals surface area contributed by atoms with E-state index in [9.17, 15) is 9.59 Å². The molecule has 0 aromatic carbocycles. The van der Waals surface area contributed by atoms with E-state index in [1.807, 2.05) is 0 Å². The monoisotopic (exact) mass is 223 g/mol. The van der Waals surface area contributed by atoms with Gasteiger partial charge >= 0.3 is 0 Å². The van der Waals surface area contributed by atoms with Crippen LogP contribution in [0.5, 0.6) is 0 Å². The van der Waals surface area contributed by atoms with Gasteiger partial charge in [-0.25, -0.2) is 4.98 Å². The van der Waals surface area contributed by atoms with Gasteiger partial charge in [-0.05, 0) is 6.42 Å². The summed E-state index contributed by atoms with van der Waals surface area (Å²) in [5.41, 5.74) is 5.23. The minimum absolute atomic E-state index is 0.0543. The van der Waals surface area contributed by atoms with Gasteiger partial charge in [-0.3, -0.25) is 9.59 Å². The van der Waals surface area contributed by atoms with Gasteiger partial charge in [-0.2, -0.15) is 0 Å². The molecule has 0 saturated carbocycles. The van der Waals surface area contributed by atoms with Gasteiger partial charge in [-0.1, -0.05) is 0 Å². The molecule has 0 bridgehead atoms. The van der Waals surface area contributed by atoms with Gasteiger partial charge < -0.3 is 21.4 Å². The summed E-state index contributed by atoms with van der Waals surface area (Å²) in [6.07, 6.45) is 2.62. The van der Waals surface area contributed by atoms with E-state index < -0.39 is 0 Å². The molecule has 0 radical (unpaired) electrons. The van der Waals surface area contributed by atoms with Crippen molar-refractivity contribution in [2.45, 2.75) is 18.9 Å². The highest BCUT2D eigenvalue weighted by Crippen LogP contribution is 2.10. The molecule has 1 saturated heterocycles. The number of aromatic amines is 1. The van der Waals surface area contributed by atoms with E-state index >= 15 is 0 Å². The number of carbonyl (C=O) groups is 1. The third-order valence-electron chi connectivity index (χ3n) is 2.49. The number of hydrogen-bond donors (Lipinski definition) is 4. The van der Waals surface area contributed by atoms with Crippen LogP contribution < -0.4 is 21.9 Å². The lowest BCUT2D eigenvalue weighted by Gasteiger charge is -2.12. The predicted octanol–water partition coefficient (Wildman–Crippen LogP) is -0.957. The zero-order chi connectivity index (χ0) is 11.5. The SMILES string of the molecule is Nc1c(NCC2CCC(=O)N2)nc[nH]c1=O. The van der Waals surface area contributed by atoms with E-state index in [1.165, 1.54) is 6.33 Å². The lowest BCUT2D eigenvalue weighted by Crippen LogP contribution is -2.32. The number of nitrogens with one attached hydrogen (secondary N) is 3. The molecule has 2 rings (SSSR count). The number of amides is 1. The maximum atomic E-state index is 11.2. The van der Waals surface area contributed by atoms with Gasteiger partial charge in [0.15, 0.2) is 5.82 Å². The summed E-state index contributed by atoms with van der Waals surface area (Å²) in [4.78, 5) is 28.4. The lowest BCUT2D eigenvalue weighted by molar-refractivity contribution is -0.119. The Balaban J connectivity index is 1.97. The summed E-state index contributed by atoms with van der Waals surface area (Å²) in [5, 5.41) is 5.75. The van der Waals surface area contributed by atoms with Crippen molar-refractivity contribution >= 4 is 17.4 Å². The molecule has 86 valence electrons. The highest BCUT2D eigenvalue weighted by molar-refractivity contribution is 5.78. The van der Waals surface area contributed by atoms with E-state index in [2.05, 4.69) is 20.6 Å². The van der Waals surface area contributed by atoms with Crippen LogP contribution in [-0.2, 0) is 4.79 Å². The molecule has 1 aliphatic rings. The molecule has 2 heterocycles. The van der Waals surface area contributed by atoms with Gasteiger partial charge in [0.2, 0.25) is 5.91 Å². The number of nitrogens with two attached hydrogens (primary N) is 1. The second-order valence-corrected chi connectivity index (χ2v) is 3.68. The van der Waals surface area contributed by atoms with Gasteiger partial charge in [0, 0.05) is 19.0 Å². The van der Waals surface area contributed by atoms with Crippen LogP contribution >= 0.6 is 0 Å². The second-order valence-electron chi connectivity index (χ2n) is 3.68. The fourth-order valence-corrected chi connectivity index (χ4v) is 1.60. The number of carbonyl (C=O) groups excluding carboxylic acids is 1. The summed E-state index contributed by atoms with van der Waals surface area (Å²) >= 11 is 0. The first-order chi connectivity index (χ1) is 7.66. The van der Waals surface area contributed by atoms with E-state index in [0.29, 0.717) is 18.8 Å². The van der Waals surface area contributed by atoms with Gasteiger partial charge in [0.1, 0.15) is 5.69 Å². The number of H-pyrrole nitrogens is 1. The van der Waals surface area contributed by atoms with Crippen LogP contribution in [-0.4, -0.2) is 28.5 Å². The molecule has 0 spiro atoms. The summed E-state index contributed by atoms with van der Waals surface area (Å²) in [7, 11) is 0. The Hall–Kier alpha value is -2.05. The maximum Gasteiger partial charge on any atom is 0.276 e. The highest BCUT2D eigenvalue weighted by Gasteiger charge is 2.20. The van der Waals surface area contributed by atoms with E-state index in [-0.39, 0.29) is 23.2 Å². The molecule has 5 N–H and O–H groups in total. The van der Waals surface area contributed by atoms with Crippen LogP contribution in [0.15, 0.2) is 11.1 Å². The average Bonchev–Trinajstić information content (AvgIpc) is 2.67. The van der Waals surface area contributed by atoms with Crippen LogP contribution in [0.4, 0.5) is 11.5 Å². The van der Waals surface area contributed by atoms with Crippen molar-refractivity contribution in [1.29, 1.82) is 0 Å². The summed E-state index contributed by atoms with van der Waals surface area (Å²) in [6, 6.07) is 0.0768. The maximum absolute atomic E-state index is 11.2. The van der Waals surface area contributed by atoms with Crippen molar-refractivity contribution in [1.82, 2.24) is 15.3 Å². The molecular weight excluding hydrogens is 210 g/mol. The van der Waals surface area contributed by atoms with Gasteiger partial charge in [0.05, 0.1) is 6.33 Å². The van der Waals surface area contributed by atoms with Crippen LogP contribution in [0.25, 0.3) is 0 Å². The van der Waals surface area contributed by atoms with Crippen molar-refractivity contribution < 1.29 is 4.79 Å². The third-order valence-corrected chi connectivity index (χ3v) is 2.49. The zero-order valence-electron chi connectivity index (χ0n) is 8.62. The Labute approximate surface area is 91.5 Å². The van der Waals surface area contributed by atoms with Crippen molar-refractivity contribution in [3.8, 4) is 0 Å². The fraction of sp³-hybridized carbons (Fsp3) is 0.444. The van der Waals surface area contributed by atoms with Crippen molar-refractivity contribution in [2.75, 3.05) is 17.6 Å². The second kappa shape index (κ2) is 4.21. The number of nitrogens with zero attached hydrogens (tertiary/aromatic N) is 1. The number of anilines is 2. The molecule has 1 aromatic rings. The third kappa shape index (κ3) is 2.13. The first-order valence-corrected chi connectivity index (χ1v) is 5.03.